The Kier molecular flexibility index (Phi) is 4.74. The number of nitrogens with zero attached hydrogens (tertiary/aromatic N) is 6. The molecule has 0 unspecified atom stereocenters. The molecule has 132 valence electrons. The number of hydrogen-bond acceptors (Lipinski definition) is 6. The normalized spacial score (nSPS) is 18.1. The van der Waals surface area contributed by atoms with Crippen LogP contribution in [-0.2, 0) is 0 Å². The summed E-state index contributed by atoms with van der Waals surface area (Å²) in [5.74, 6) is 4.03. The predicted molar refractivity (Wildman–Crippen MR) is 105 cm³/mol. The van der Waals surface area contributed by atoms with E-state index in [2.05, 4.69) is 57.7 Å². The fourth-order valence-corrected chi connectivity index (χ4v) is 3.76. The van der Waals surface area contributed by atoms with E-state index in [1.165, 1.54) is 12.8 Å². The van der Waals surface area contributed by atoms with Gasteiger partial charge in [-0.15, -0.1) is 0 Å². The van der Waals surface area contributed by atoms with Crippen molar-refractivity contribution >= 4 is 33.4 Å². The summed E-state index contributed by atoms with van der Waals surface area (Å²) in [7, 11) is 0. The van der Waals surface area contributed by atoms with E-state index >= 15 is 0 Å². The number of aryl methyl sites for hydroxylation is 1. The van der Waals surface area contributed by atoms with Gasteiger partial charge in [-0.05, 0) is 47.8 Å². The van der Waals surface area contributed by atoms with Crippen LogP contribution in [0.1, 0.15) is 18.7 Å². The zero-order valence-corrected chi connectivity index (χ0v) is 16.1. The van der Waals surface area contributed by atoms with Crippen molar-refractivity contribution in [3.05, 3.63) is 34.7 Å². The minimum Gasteiger partial charge on any atom is -0.356 e. The van der Waals surface area contributed by atoms with E-state index in [0.29, 0.717) is 0 Å². The summed E-state index contributed by atoms with van der Waals surface area (Å²) in [6.07, 6.45) is 4.38. The molecule has 0 N–H and O–H groups in total. The fourth-order valence-electron chi connectivity index (χ4n) is 3.53. The van der Waals surface area contributed by atoms with Crippen LogP contribution < -0.4 is 14.7 Å². The molecule has 0 aromatic carbocycles. The molecular weight excluding hydrogens is 380 g/mol. The van der Waals surface area contributed by atoms with E-state index in [1.54, 1.807) is 0 Å². The lowest BCUT2D eigenvalue weighted by atomic mass is 10.3. The van der Waals surface area contributed by atoms with E-state index in [9.17, 15) is 0 Å². The van der Waals surface area contributed by atoms with Crippen LogP contribution in [0.2, 0.25) is 0 Å². The van der Waals surface area contributed by atoms with Gasteiger partial charge < -0.3 is 14.7 Å². The zero-order valence-electron chi connectivity index (χ0n) is 14.5. The molecule has 7 heteroatoms. The monoisotopic (exact) mass is 402 g/mol. The predicted octanol–water partition coefficient (Wildman–Crippen LogP) is 2.87. The maximum Gasteiger partial charge on any atom is 0.134 e. The molecule has 2 fully saturated rings. The highest BCUT2D eigenvalue weighted by Crippen LogP contribution is 2.24. The first kappa shape index (κ1) is 16.6. The first-order valence-corrected chi connectivity index (χ1v) is 9.70. The Labute approximate surface area is 157 Å². The molecule has 2 aromatic rings. The molecule has 2 aromatic heterocycles. The third-order valence-corrected chi connectivity index (χ3v) is 5.35. The van der Waals surface area contributed by atoms with E-state index < -0.39 is 0 Å². The molecule has 0 atom stereocenters. The van der Waals surface area contributed by atoms with Gasteiger partial charge in [0, 0.05) is 56.0 Å². The number of aromatic nitrogens is 3. The fraction of sp³-hybridized carbons (Fsp3) is 0.500. The molecule has 4 rings (SSSR count). The maximum absolute atomic E-state index is 4.69. The van der Waals surface area contributed by atoms with Crippen LogP contribution in [-0.4, -0.2) is 54.2 Å². The Bertz CT molecular complexity index is 721. The van der Waals surface area contributed by atoms with Crippen molar-refractivity contribution < 1.29 is 0 Å². The summed E-state index contributed by atoms with van der Waals surface area (Å²) in [6, 6.07) is 6.27. The van der Waals surface area contributed by atoms with Gasteiger partial charge in [0.1, 0.15) is 23.3 Å². The molecule has 2 saturated heterocycles. The van der Waals surface area contributed by atoms with Gasteiger partial charge >= 0.3 is 0 Å². The molecule has 0 saturated carbocycles. The molecule has 0 amide bonds. The van der Waals surface area contributed by atoms with E-state index in [-0.39, 0.29) is 0 Å². The Morgan fingerprint density at radius 3 is 1.92 bits per heavy atom. The van der Waals surface area contributed by atoms with Crippen molar-refractivity contribution in [3.63, 3.8) is 0 Å². The molecule has 0 radical (unpaired) electrons. The molecule has 0 aliphatic carbocycles. The number of hydrogen-bond donors (Lipinski definition) is 0. The smallest absolute Gasteiger partial charge is 0.134 e. The Hall–Kier alpha value is -1.89. The van der Waals surface area contributed by atoms with Gasteiger partial charge in [-0.3, -0.25) is 0 Å². The van der Waals surface area contributed by atoms with Crippen LogP contribution in [0.4, 0.5) is 17.5 Å². The Morgan fingerprint density at radius 2 is 1.36 bits per heavy atom. The molecule has 6 nitrogen and oxygen atoms in total. The highest BCUT2D eigenvalue weighted by atomic mass is 79.9. The Balaban J connectivity index is 1.46. The number of halogens is 1. The lowest BCUT2D eigenvalue weighted by Gasteiger charge is -2.36. The largest absolute Gasteiger partial charge is 0.356 e. The van der Waals surface area contributed by atoms with Crippen LogP contribution in [0.25, 0.3) is 0 Å². The molecule has 0 bridgehead atoms. The second-order valence-corrected chi connectivity index (χ2v) is 7.55. The van der Waals surface area contributed by atoms with Crippen molar-refractivity contribution in [1.29, 1.82) is 0 Å². The molecule has 4 heterocycles. The molecule has 0 spiro atoms. The quantitative estimate of drug-likeness (QED) is 0.786. The molecule has 2 aliphatic heterocycles. The number of rotatable bonds is 3. The lowest BCUT2D eigenvalue weighted by molar-refractivity contribution is 0.639. The van der Waals surface area contributed by atoms with Gasteiger partial charge in [0.15, 0.2) is 0 Å². The van der Waals surface area contributed by atoms with Crippen molar-refractivity contribution in [3.8, 4) is 0 Å². The first-order chi connectivity index (χ1) is 12.2. The summed E-state index contributed by atoms with van der Waals surface area (Å²) in [5.41, 5.74) is 0. The number of pyridine rings is 1. The van der Waals surface area contributed by atoms with E-state index in [4.69, 9.17) is 0 Å². The summed E-state index contributed by atoms with van der Waals surface area (Å²) < 4.78 is 1.01. The van der Waals surface area contributed by atoms with Crippen LogP contribution in [0, 0.1) is 6.92 Å². The second-order valence-electron chi connectivity index (χ2n) is 6.63. The lowest BCUT2D eigenvalue weighted by Crippen LogP contribution is -2.47. The van der Waals surface area contributed by atoms with Crippen molar-refractivity contribution in [2.24, 2.45) is 0 Å². The average molecular weight is 403 g/mol. The average Bonchev–Trinajstić information content (AvgIpc) is 3.17. The van der Waals surface area contributed by atoms with Crippen LogP contribution in [0.5, 0.6) is 0 Å². The number of anilines is 3. The standard InChI is InChI=1S/C18H23BrN6/c1-14-21-17(23-6-2-3-7-23)12-18(22-14)25-10-8-24(9-11-25)16-5-4-15(19)13-20-16/h4-5,12-13H,2-3,6-11H2,1H3. The SMILES string of the molecule is Cc1nc(N2CCCC2)cc(N2CCN(c3ccc(Br)cn3)CC2)n1. The summed E-state index contributed by atoms with van der Waals surface area (Å²) in [6.45, 7) is 8.03. The minimum atomic E-state index is 0.858. The van der Waals surface area contributed by atoms with Gasteiger partial charge in [-0.2, -0.15) is 0 Å². The topological polar surface area (TPSA) is 48.4 Å². The zero-order chi connectivity index (χ0) is 17.2. The molecular formula is C18H23BrN6. The number of piperazine rings is 1. The first-order valence-electron chi connectivity index (χ1n) is 8.91. The summed E-state index contributed by atoms with van der Waals surface area (Å²) >= 11 is 3.44. The summed E-state index contributed by atoms with van der Waals surface area (Å²) in [5, 5.41) is 0. The second kappa shape index (κ2) is 7.15. The van der Waals surface area contributed by atoms with E-state index in [0.717, 1.165) is 67.0 Å². The van der Waals surface area contributed by atoms with Gasteiger partial charge in [0.05, 0.1) is 0 Å². The van der Waals surface area contributed by atoms with Gasteiger partial charge in [0.25, 0.3) is 0 Å². The molecule has 25 heavy (non-hydrogen) atoms. The third-order valence-electron chi connectivity index (χ3n) is 4.88. The van der Waals surface area contributed by atoms with Crippen molar-refractivity contribution in [2.45, 2.75) is 19.8 Å². The maximum atomic E-state index is 4.69. The van der Waals surface area contributed by atoms with E-state index in [1.807, 2.05) is 19.2 Å². The van der Waals surface area contributed by atoms with Gasteiger partial charge in [-0.25, -0.2) is 15.0 Å². The highest BCUT2D eigenvalue weighted by molar-refractivity contribution is 9.10. The van der Waals surface area contributed by atoms with Crippen molar-refractivity contribution in [1.82, 2.24) is 15.0 Å². The Morgan fingerprint density at radius 1 is 0.800 bits per heavy atom. The highest BCUT2D eigenvalue weighted by Gasteiger charge is 2.21. The van der Waals surface area contributed by atoms with Crippen LogP contribution in [0.3, 0.4) is 0 Å². The third kappa shape index (κ3) is 3.71. The van der Waals surface area contributed by atoms with Gasteiger partial charge in [0.2, 0.25) is 0 Å². The molecule has 2 aliphatic rings. The van der Waals surface area contributed by atoms with Crippen LogP contribution in [0.15, 0.2) is 28.9 Å². The van der Waals surface area contributed by atoms with Crippen molar-refractivity contribution in [2.75, 3.05) is 54.0 Å². The summed E-state index contributed by atoms with van der Waals surface area (Å²) in [4.78, 5) is 20.9. The van der Waals surface area contributed by atoms with Gasteiger partial charge in [-0.1, -0.05) is 0 Å². The van der Waals surface area contributed by atoms with Crippen LogP contribution >= 0.6 is 15.9 Å². The minimum absolute atomic E-state index is 0.858.